The zero-order valence-corrected chi connectivity index (χ0v) is 20.3. The largest absolute Gasteiger partial charge is 0.337 e. The van der Waals surface area contributed by atoms with Gasteiger partial charge in [-0.25, -0.2) is 0 Å². The fourth-order valence-corrected chi connectivity index (χ4v) is 4.08. The van der Waals surface area contributed by atoms with E-state index < -0.39 is 5.41 Å². The fourth-order valence-electron chi connectivity index (χ4n) is 3.84. The van der Waals surface area contributed by atoms with Crippen molar-refractivity contribution in [3.05, 3.63) is 35.2 Å². The number of carbonyl (C=O) groups is 2. The molecule has 1 aliphatic rings. The number of carbonyl (C=O) groups excluding carboxylic acids is 2. The topological polar surface area (TPSA) is 79.5 Å². The van der Waals surface area contributed by atoms with Gasteiger partial charge in [0.2, 0.25) is 23.5 Å². The van der Waals surface area contributed by atoms with Crippen molar-refractivity contribution >= 4 is 35.0 Å². The number of nitrogens with zero attached hydrogens (tertiary/aromatic N) is 4. The number of aromatic nitrogens is 2. The molecule has 32 heavy (non-hydrogen) atoms. The quantitative estimate of drug-likeness (QED) is 0.499. The van der Waals surface area contributed by atoms with Crippen LogP contribution >= 0.6 is 23.2 Å². The van der Waals surface area contributed by atoms with Crippen LogP contribution in [0.3, 0.4) is 0 Å². The van der Waals surface area contributed by atoms with E-state index in [9.17, 15) is 9.59 Å². The normalized spacial score (nSPS) is 16.8. The van der Waals surface area contributed by atoms with Gasteiger partial charge in [0.05, 0.1) is 12.0 Å². The molecule has 0 aliphatic carbocycles. The van der Waals surface area contributed by atoms with Crippen LogP contribution in [-0.2, 0) is 9.59 Å². The van der Waals surface area contributed by atoms with Gasteiger partial charge in [0, 0.05) is 29.6 Å². The summed E-state index contributed by atoms with van der Waals surface area (Å²) in [6.45, 7) is 6.70. The van der Waals surface area contributed by atoms with Crippen molar-refractivity contribution in [1.29, 1.82) is 0 Å². The number of likely N-dealkylation sites (tertiary alicyclic amines) is 1. The summed E-state index contributed by atoms with van der Waals surface area (Å²) in [5.74, 6) is 0.841. The minimum absolute atomic E-state index is 0.0155. The molecule has 1 saturated heterocycles. The van der Waals surface area contributed by atoms with E-state index in [1.54, 1.807) is 35.8 Å². The van der Waals surface area contributed by atoms with E-state index >= 15 is 0 Å². The second-order valence-electron chi connectivity index (χ2n) is 8.81. The van der Waals surface area contributed by atoms with Crippen LogP contribution in [0.2, 0.25) is 5.02 Å². The van der Waals surface area contributed by atoms with Gasteiger partial charge in [-0.3, -0.25) is 9.59 Å². The Hall–Kier alpha value is -2.12. The highest BCUT2D eigenvalue weighted by Gasteiger charge is 2.36. The Labute approximate surface area is 199 Å². The summed E-state index contributed by atoms with van der Waals surface area (Å²) in [6, 6.07) is 6.89. The van der Waals surface area contributed by atoms with Gasteiger partial charge in [-0.2, -0.15) is 4.98 Å². The van der Waals surface area contributed by atoms with Gasteiger partial charge in [-0.1, -0.05) is 23.7 Å². The number of hydrogen-bond donors (Lipinski definition) is 0. The summed E-state index contributed by atoms with van der Waals surface area (Å²) in [4.78, 5) is 34.2. The molecule has 1 aliphatic heterocycles. The Kier molecular flexibility index (Phi) is 8.17. The Morgan fingerprint density at radius 3 is 2.62 bits per heavy atom. The molecule has 0 bridgehead atoms. The molecule has 2 aromatic rings. The molecular weight excluding hydrogens is 451 g/mol. The summed E-state index contributed by atoms with van der Waals surface area (Å²) in [5, 5.41) is 4.73. The first-order valence-electron chi connectivity index (χ1n) is 11.0. The molecule has 0 N–H and O–H groups in total. The molecule has 2 amide bonds. The molecule has 1 fully saturated rings. The minimum Gasteiger partial charge on any atom is -0.337 e. The van der Waals surface area contributed by atoms with Gasteiger partial charge in [0.1, 0.15) is 6.04 Å². The highest BCUT2D eigenvalue weighted by atomic mass is 35.5. The first-order valence-corrected chi connectivity index (χ1v) is 11.9. The predicted octanol–water partition coefficient (Wildman–Crippen LogP) is 4.95. The second-order valence-corrected chi connectivity index (χ2v) is 9.51. The number of piperidine rings is 1. The minimum atomic E-state index is -0.724. The maximum absolute atomic E-state index is 13.3. The molecule has 3 rings (SSSR count). The van der Waals surface area contributed by atoms with E-state index in [0.29, 0.717) is 29.8 Å². The fraction of sp³-hybridized carbons (Fsp3) is 0.565. The summed E-state index contributed by atoms with van der Waals surface area (Å²) in [7, 11) is 0. The maximum Gasteiger partial charge on any atom is 0.249 e. The van der Waals surface area contributed by atoms with Gasteiger partial charge in [0.15, 0.2) is 0 Å². The molecule has 1 aromatic heterocycles. The lowest BCUT2D eigenvalue weighted by atomic mass is 9.94. The van der Waals surface area contributed by atoms with Crippen LogP contribution in [0, 0.1) is 5.41 Å². The number of amides is 2. The number of halogens is 2. The van der Waals surface area contributed by atoms with Crippen molar-refractivity contribution in [2.45, 2.75) is 52.5 Å². The van der Waals surface area contributed by atoms with Gasteiger partial charge >= 0.3 is 0 Å². The van der Waals surface area contributed by atoms with Crippen molar-refractivity contribution in [2.75, 3.05) is 25.5 Å². The molecule has 0 saturated carbocycles. The van der Waals surface area contributed by atoms with Crippen LogP contribution in [0.5, 0.6) is 0 Å². The van der Waals surface area contributed by atoms with Gasteiger partial charge in [0.25, 0.3) is 0 Å². The van der Waals surface area contributed by atoms with Gasteiger partial charge in [-0.05, 0) is 63.8 Å². The van der Waals surface area contributed by atoms with Crippen LogP contribution in [0.15, 0.2) is 28.8 Å². The highest BCUT2D eigenvalue weighted by Crippen LogP contribution is 2.32. The lowest BCUT2D eigenvalue weighted by Gasteiger charge is -2.36. The number of benzene rings is 1. The van der Waals surface area contributed by atoms with Crippen molar-refractivity contribution < 1.29 is 14.1 Å². The monoisotopic (exact) mass is 480 g/mol. The van der Waals surface area contributed by atoms with Crippen molar-refractivity contribution in [3.63, 3.8) is 0 Å². The summed E-state index contributed by atoms with van der Waals surface area (Å²) in [5.41, 5.74) is 0.0688. The maximum atomic E-state index is 13.3. The standard InChI is InChI=1S/C23H30Cl2N4O3/c1-4-12-28(22(31)23(2,3)15-24)14-19(30)29-13-6-5-7-18(29)21-26-20(27-32-21)16-8-10-17(25)11-9-16/h8-11,18H,4-7,12-15H2,1-3H3. The van der Waals surface area contributed by atoms with Gasteiger partial charge < -0.3 is 14.3 Å². The van der Waals surface area contributed by atoms with Crippen LogP contribution in [-0.4, -0.2) is 57.3 Å². The molecule has 9 heteroatoms. The van der Waals surface area contributed by atoms with Crippen LogP contribution in [0.4, 0.5) is 0 Å². The van der Waals surface area contributed by atoms with Gasteiger partial charge in [-0.15, -0.1) is 11.6 Å². The first-order chi connectivity index (χ1) is 15.3. The molecule has 2 heterocycles. The van der Waals surface area contributed by atoms with Crippen LogP contribution in [0.25, 0.3) is 11.4 Å². The third-order valence-electron chi connectivity index (χ3n) is 5.67. The third-order valence-corrected chi connectivity index (χ3v) is 6.59. The molecule has 1 atom stereocenters. The second kappa shape index (κ2) is 10.7. The van der Waals surface area contributed by atoms with E-state index in [0.717, 1.165) is 31.2 Å². The predicted molar refractivity (Wildman–Crippen MR) is 124 cm³/mol. The Morgan fingerprint density at radius 1 is 1.25 bits per heavy atom. The molecule has 0 radical (unpaired) electrons. The average molecular weight is 481 g/mol. The van der Waals surface area contributed by atoms with E-state index in [1.165, 1.54) is 0 Å². The first kappa shape index (κ1) is 24.5. The lowest BCUT2D eigenvalue weighted by Crippen LogP contribution is -2.49. The summed E-state index contributed by atoms with van der Waals surface area (Å²) >= 11 is 12.0. The molecular formula is C23H30Cl2N4O3. The zero-order chi connectivity index (χ0) is 23.3. The lowest BCUT2D eigenvalue weighted by molar-refractivity contribution is -0.147. The molecule has 1 aromatic carbocycles. The zero-order valence-electron chi connectivity index (χ0n) is 18.8. The molecule has 1 unspecified atom stereocenters. The number of rotatable bonds is 8. The SMILES string of the molecule is CCCN(CC(=O)N1CCCCC1c1nc(-c2ccc(Cl)cc2)no1)C(=O)C(C)(C)CCl. The Bertz CT molecular complexity index is 930. The highest BCUT2D eigenvalue weighted by molar-refractivity contribution is 6.30. The molecule has 174 valence electrons. The summed E-state index contributed by atoms with van der Waals surface area (Å²) < 4.78 is 5.55. The smallest absolute Gasteiger partial charge is 0.249 e. The summed E-state index contributed by atoms with van der Waals surface area (Å²) in [6.07, 6.45) is 3.36. The van der Waals surface area contributed by atoms with Crippen LogP contribution in [0.1, 0.15) is 58.4 Å². The van der Waals surface area contributed by atoms with Crippen molar-refractivity contribution in [3.8, 4) is 11.4 Å². The van der Waals surface area contributed by atoms with Crippen LogP contribution < -0.4 is 0 Å². The number of hydrogen-bond acceptors (Lipinski definition) is 5. The van der Waals surface area contributed by atoms with Crippen molar-refractivity contribution in [1.82, 2.24) is 19.9 Å². The Balaban J connectivity index is 1.77. The van der Waals surface area contributed by atoms with E-state index in [1.807, 2.05) is 19.1 Å². The average Bonchev–Trinajstić information content (AvgIpc) is 3.29. The van der Waals surface area contributed by atoms with E-state index in [4.69, 9.17) is 27.7 Å². The number of alkyl halides is 1. The van der Waals surface area contributed by atoms with E-state index in [-0.39, 0.29) is 30.3 Å². The van der Waals surface area contributed by atoms with E-state index in [2.05, 4.69) is 10.1 Å². The third kappa shape index (κ3) is 5.62. The molecule has 0 spiro atoms. The Morgan fingerprint density at radius 2 is 1.97 bits per heavy atom. The molecule has 7 nitrogen and oxygen atoms in total. The van der Waals surface area contributed by atoms with Crippen molar-refractivity contribution in [2.24, 2.45) is 5.41 Å².